The first-order valence-electron chi connectivity index (χ1n) is 8.16. The van der Waals surface area contributed by atoms with Crippen LogP contribution < -0.4 is 0 Å². The van der Waals surface area contributed by atoms with Crippen LogP contribution in [0.2, 0.25) is 0 Å². The van der Waals surface area contributed by atoms with Gasteiger partial charge in [-0.2, -0.15) is 0 Å². The van der Waals surface area contributed by atoms with E-state index in [1.807, 2.05) is 0 Å². The second-order valence-corrected chi connectivity index (χ2v) is 8.22. The van der Waals surface area contributed by atoms with E-state index in [-0.39, 0.29) is 6.10 Å². The van der Waals surface area contributed by atoms with Crippen molar-refractivity contribution in [2.24, 2.45) is 10.8 Å². The molecule has 2 heteroatoms. The third-order valence-corrected chi connectivity index (χ3v) is 6.13. The molecule has 0 bridgehead atoms. The van der Waals surface area contributed by atoms with E-state index >= 15 is 0 Å². The Morgan fingerprint density at radius 2 is 1.74 bits per heavy atom. The predicted octanol–water partition coefficient (Wildman–Crippen LogP) is 3.83. The largest absolute Gasteiger partial charge is 0.393 e. The van der Waals surface area contributed by atoms with Gasteiger partial charge in [-0.25, -0.2) is 0 Å². The maximum atomic E-state index is 10.1. The molecule has 112 valence electrons. The number of nitrogens with zero attached hydrogens (tertiary/aromatic N) is 1. The minimum absolute atomic E-state index is 0.0779. The van der Waals surface area contributed by atoms with Crippen LogP contribution in [-0.2, 0) is 0 Å². The molecule has 19 heavy (non-hydrogen) atoms. The molecule has 1 spiro atoms. The molecule has 2 rings (SSSR count). The standard InChI is InChI=1S/C17H33NO/c1-13(16(2,3)4)18(5)15-12-14(19)8-11-17(15)9-6-7-10-17/h13-15,19H,6-12H2,1-5H3. The molecule has 0 amide bonds. The van der Waals surface area contributed by atoms with Crippen LogP contribution in [0.4, 0.5) is 0 Å². The lowest BCUT2D eigenvalue weighted by Gasteiger charge is -2.51. The fourth-order valence-corrected chi connectivity index (χ4v) is 4.39. The van der Waals surface area contributed by atoms with Crippen molar-refractivity contribution in [3.63, 3.8) is 0 Å². The van der Waals surface area contributed by atoms with Gasteiger partial charge in [0.2, 0.25) is 0 Å². The van der Waals surface area contributed by atoms with Crippen LogP contribution in [0.3, 0.4) is 0 Å². The normalized spacial score (nSPS) is 33.0. The van der Waals surface area contributed by atoms with Crippen LogP contribution in [0, 0.1) is 10.8 Å². The lowest BCUT2D eigenvalue weighted by atomic mass is 9.67. The molecule has 2 nitrogen and oxygen atoms in total. The smallest absolute Gasteiger partial charge is 0.0555 e. The second kappa shape index (κ2) is 5.37. The molecular weight excluding hydrogens is 234 g/mol. The molecule has 2 aliphatic carbocycles. The Morgan fingerprint density at radius 3 is 2.26 bits per heavy atom. The highest BCUT2D eigenvalue weighted by Crippen LogP contribution is 2.51. The average molecular weight is 267 g/mol. The summed E-state index contributed by atoms with van der Waals surface area (Å²) in [7, 11) is 2.29. The van der Waals surface area contributed by atoms with Crippen molar-refractivity contribution in [3.8, 4) is 0 Å². The Hall–Kier alpha value is -0.0800. The fraction of sp³-hybridized carbons (Fsp3) is 1.00. The van der Waals surface area contributed by atoms with E-state index in [1.54, 1.807) is 0 Å². The van der Waals surface area contributed by atoms with Crippen molar-refractivity contribution >= 4 is 0 Å². The third-order valence-electron chi connectivity index (χ3n) is 6.13. The maximum Gasteiger partial charge on any atom is 0.0555 e. The quantitative estimate of drug-likeness (QED) is 0.822. The highest BCUT2D eigenvalue weighted by atomic mass is 16.3. The molecule has 3 atom stereocenters. The first kappa shape index (κ1) is 15.3. The summed E-state index contributed by atoms with van der Waals surface area (Å²) in [4.78, 5) is 2.59. The molecule has 0 aliphatic heterocycles. The van der Waals surface area contributed by atoms with E-state index in [1.165, 1.54) is 32.1 Å². The molecule has 0 saturated heterocycles. The number of aliphatic hydroxyl groups excluding tert-OH is 1. The molecule has 0 aromatic rings. The maximum absolute atomic E-state index is 10.1. The highest BCUT2D eigenvalue weighted by Gasteiger charge is 2.48. The van der Waals surface area contributed by atoms with Gasteiger partial charge in [-0.15, -0.1) is 0 Å². The fourth-order valence-electron chi connectivity index (χ4n) is 4.39. The van der Waals surface area contributed by atoms with E-state index in [2.05, 4.69) is 39.6 Å². The van der Waals surface area contributed by atoms with Gasteiger partial charge < -0.3 is 5.11 Å². The molecule has 2 aliphatic rings. The molecular formula is C17H33NO. The summed E-state index contributed by atoms with van der Waals surface area (Å²) < 4.78 is 0. The zero-order valence-electron chi connectivity index (χ0n) is 13.6. The van der Waals surface area contributed by atoms with E-state index in [0.717, 1.165) is 12.8 Å². The number of hydrogen-bond donors (Lipinski definition) is 1. The second-order valence-electron chi connectivity index (χ2n) is 8.22. The van der Waals surface area contributed by atoms with Crippen molar-refractivity contribution in [1.29, 1.82) is 0 Å². The summed E-state index contributed by atoms with van der Waals surface area (Å²) in [5, 5.41) is 10.1. The van der Waals surface area contributed by atoms with Crippen molar-refractivity contribution in [3.05, 3.63) is 0 Å². The summed E-state index contributed by atoms with van der Waals surface area (Å²) >= 11 is 0. The van der Waals surface area contributed by atoms with Gasteiger partial charge in [0.1, 0.15) is 0 Å². The Labute approximate surface area is 119 Å². The van der Waals surface area contributed by atoms with Crippen molar-refractivity contribution in [2.45, 2.75) is 90.8 Å². The predicted molar refractivity (Wildman–Crippen MR) is 81.2 cm³/mol. The zero-order valence-corrected chi connectivity index (χ0v) is 13.6. The van der Waals surface area contributed by atoms with Crippen molar-refractivity contribution < 1.29 is 5.11 Å². The topological polar surface area (TPSA) is 23.5 Å². The van der Waals surface area contributed by atoms with Crippen LogP contribution >= 0.6 is 0 Å². The third kappa shape index (κ3) is 3.00. The lowest BCUT2D eigenvalue weighted by Crippen LogP contribution is -2.55. The summed E-state index contributed by atoms with van der Waals surface area (Å²) in [5.41, 5.74) is 0.810. The summed E-state index contributed by atoms with van der Waals surface area (Å²) in [6.45, 7) is 9.34. The van der Waals surface area contributed by atoms with Gasteiger partial charge in [0.05, 0.1) is 6.10 Å². The Morgan fingerprint density at radius 1 is 1.16 bits per heavy atom. The van der Waals surface area contributed by atoms with Crippen molar-refractivity contribution in [1.82, 2.24) is 4.90 Å². The number of hydrogen-bond acceptors (Lipinski definition) is 2. The summed E-state index contributed by atoms with van der Waals surface area (Å²) in [6, 6.07) is 1.13. The van der Waals surface area contributed by atoms with Crippen LogP contribution in [-0.4, -0.2) is 35.2 Å². The number of rotatable bonds is 2. The van der Waals surface area contributed by atoms with E-state index in [4.69, 9.17) is 0 Å². The average Bonchev–Trinajstić information content (AvgIpc) is 2.79. The van der Waals surface area contributed by atoms with Gasteiger partial charge in [-0.05, 0) is 56.9 Å². The van der Waals surface area contributed by atoms with Gasteiger partial charge in [0.25, 0.3) is 0 Å². The van der Waals surface area contributed by atoms with Gasteiger partial charge in [-0.1, -0.05) is 33.6 Å². The molecule has 2 saturated carbocycles. The molecule has 0 aromatic carbocycles. The van der Waals surface area contributed by atoms with Crippen LogP contribution in [0.25, 0.3) is 0 Å². The minimum atomic E-state index is -0.0779. The Bertz CT molecular complexity index is 301. The lowest BCUT2D eigenvalue weighted by molar-refractivity contribution is -0.0460. The van der Waals surface area contributed by atoms with Crippen LogP contribution in [0.15, 0.2) is 0 Å². The van der Waals surface area contributed by atoms with Gasteiger partial charge in [0.15, 0.2) is 0 Å². The van der Waals surface area contributed by atoms with Crippen molar-refractivity contribution in [2.75, 3.05) is 7.05 Å². The summed E-state index contributed by atoms with van der Waals surface area (Å²) in [5.74, 6) is 0. The Kier molecular flexibility index (Phi) is 4.32. The summed E-state index contributed by atoms with van der Waals surface area (Å²) in [6.07, 6.45) is 8.71. The van der Waals surface area contributed by atoms with Crippen LogP contribution in [0.1, 0.15) is 72.6 Å². The minimum Gasteiger partial charge on any atom is -0.393 e. The molecule has 0 aromatic heterocycles. The molecule has 1 N–H and O–H groups in total. The molecule has 2 fully saturated rings. The first-order chi connectivity index (χ1) is 8.76. The van der Waals surface area contributed by atoms with Gasteiger partial charge in [0, 0.05) is 12.1 Å². The Balaban J connectivity index is 2.18. The van der Waals surface area contributed by atoms with E-state index in [9.17, 15) is 5.11 Å². The molecule has 0 heterocycles. The van der Waals surface area contributed by atoms with Crippen LogP contribution in [0.5, 0.6) is 0 Å². The SMILES string of the molecule is CC(N(C)C1CC(O)CCC12CCCC2)C(C)(C)C. The van der Waals surface area contributed by atoms with Gasteiger partial charge in [-0.3, -0.25) is 4.90 Å². The monoisotopic (exact) mass is 267 g/mol. The molecule has 0 radical (unpaired) electrons. The first-order valence-corrected chi connectivity index (χ1v) is 8.16. The zero-order chi connectivity index (χ0) is 14.3. The number of aliphatic hydroxyl groups is 1. The molecule has 3 unspecified atom stereocenters. The van der Waals surface area contributed by atoms with E-state index in [0.29, 0.717) is 22.9 Å². The van der Waals surface area contributed by atoms with E-state index < -0.39 is 0 Å². The highest BCUT2D eigenvalue weighted by molar-refractivity contribution is 5.01. The van der Waals surface area contributed by atoms with Gasteiger partial charge >= 0.3 is 0 Å².